The maximum atomic E-state index is 12.1. The van der Waals surface area contributed by atoms with E-state index < -0.39 is 34.8 Å². The molecule has 0 aliphatic carbocycles. The van der Waals surface area contributed by atoms with Crippen molar-refractivity contribution in [1.82, 2.24) is 10.6 Å². The number of carbonyl (C=O) groups is 4. The van der Waals surface area contributed by atoms with Crippen LogP contribution in [0, 0.1) is 0 Å². The lowest BCUT2D eigenvalue weighted by molar-refractivity contribution is -0.177. The van der Waals surface area contributed by atoms with Crippen LogP contribution in [0.3, 0.4) is 0 Å². The van der Waals surface area contributed by atoms with Crippen LogP contribution in [0.5, 0.6) is 0 Å². The zero-order valence-corrected chi connectivity index (χ0v) is 11.3. The minimum Gasteiger partial charge on any atom is -0.464 e. The molecule has 2 amide bonds. The molecule has 2 bridgehead atoms. The predicted molar refractivity (Wildman–Crippen MR) is 64.2 cm³/mol. The molecule has 3 aliphatic rings. The highest BCUT2D eigenvalue weighted by molar-refractivity contribution is 6.22. The fraction of sp³-hybridized carbons (Fsp3) is 0.667. The second-order valence-corrected chi connectivity index (χ2v) is 4.66. The summed E-state index contributed by atoms with van der Waals surface area (Å²) in [5, 5.41) is 4.63. The van der Waals surface area contributed by atoms with Crippen LogP contribution in [-0.4, -0.2) is 48.0 Å². The predicted octanol–water partition coefficient (Wildman–Crippen LogP) is -1.37. The molecular weight excluding hydrogens is 268 g/mol. The van der Waals surface area contributed by atoms with E-state index in [4.69, 9.17) is 9.47 Å². The molecule has 3 aliphatic heterocycles. The zero-order valence-electron chi connectivity index (χ0n) is 11.3. The normalized spacial score (nSPS) is 31.3. The van der Waals surface area contributed by atoms with E-state index >= 15 is 0 Å². The Hall–Kier alpha value is -2.12. The lowest BCUT2D eigenvalue weighted by atomic mass is 9.73. The van der Waals surface area contributed by atoms with E-state index in [-0.39, 0.29) is 26.1 Å². The molecule has 0 saturated carbocycles. The first-order valence-corrected chi connectivity index (χ1v) is 6.42. The maximum absolute atomic E-state index is 12.1. The van der Waals surface area contributed by atoms with E-state index in [0.29, 0.717) is 0 Å². The molecule has 3 fully saturated rings. The highest BCUT2D eigenvalue weighted by Crippen LogP contribution is 2.35. The van der Waals surface area contributed by atoms with Crippen molar-refractivity contribution in [2.45, 2.75) is 37.8 Å². The lowest BCUT2D eigenvalue weighted by Gasteiger charge is -2.48. The average Bonchev–Trinajstić information content (AvgIpc) is 2.41. The Labute approximate surface area is 115 Å². The van der Waals surface area contributed by atoms with Crippen LogP contribution in [-0.2, 0) is 28.7 Å². The number of nitrogens with one attached hydrogen (secondary N) is 2. The van der Waals surface area contributed by atoms with Gasteiger partial charge in [-0.3, -0.25) is 9.59 Å². The van der Waals surface area contributed by atoms with E-state index in [0.717, 1.165) is 0 Å². The van der Waals surface area contributed by atoms with Gasteiger partial charge in [-0.1, -0.05) is 0 Å². The van der Waals surface area contributed by atoms with Gasteiger partial charge in [0, 0.05) is 0 Å². The Morgan fingerprint density at radius 2 is 1.30 bits per heavy atom. The summed E-state index contributed by atoms with van der Waals surface area (Å²) in [6, 6.07) is 0. The Morgan fingerprint density at radius 1 is 0.950 bits per heavy atom. The van der Waals surface area contributed by atoms with Crippen LogP contribution in [0.2, 0.25) is 0 Å². The number of fused-ring (bicyclic) bond motifs is 3. The minimum absolute atomic E-state index is 0.00220. The van der Waals surface area contributed by atoms with Crippen molar-refractivity contribution >= 4 is 23.8 Å². The molecule has 20 heavy (non-hydrogen) atoms. The van der Waals surface area contributed by atoms with Gasteiger partial charge in [-0.05, 0) is 26.7 Å². The maximum Gasteiger partial charge on any atom is 0.341 e. The van der Waals surface area contributed by atoms with Crippen molar-refractivity contribution in [1.29, 1.82) is 0 Å². The molecule has 0 radical (unpaired) electrons. The summed E-state index contributed by atoms with van der Waals surface area (Å²) >= 11 is 0. The molecule has 3 saturated heterocycles. The van der Waals surface area contributed by atoms with E-state index in [2.05, 4.69) is 10.6 Å². The van der Waals surface area contributed by atoms with Crippen LogP contribution in [0.1, 0.15) is 26.7 Å². The minimum atomic E-state index is -1.73. The summed E-state index contributed by atoms with van der Waals surface area (Å²) in [5.74, 6) is -3.12. The number of hydrogen-bond donors (Lipinski definition) is 2. The Balaban J connectivity index is 2.30. The Bertz CT molecular complexity index is 446. The number of piperidine rings is 2. The van der Waals surface area contributed by atoms with Crippen molar-refractivity contribution in [3.63, 3.8) is 0 Å². The first-order valence-electron chi connectivity index (χ1n) is 6.42. The fourth-order valence-corrected chi connectivity index (χ4v) is 2.44. The number of hydrogen-bond acceptors (Lipinski definition) is 6. The highest BCUT2D eigenvalue weighted by atomic mass is 16.5. The van der Waals surface area contributed by atoms with Gasteiger partial charge in [0.25, 0.3) is 11.8 Å². The van der Waals surface area contributed by atoms with Gasteiger partial charge in [-0.15, -0.1) is 0 Å². The summed E-state index contributed by atoms with van der Waals surface area (Å²) in [7, 11) is 0. The first-order chi connectivity index (χ1) is 9.43. The molecule has 110 valence electrons. The standard InChI is InChI=1S/C12H16N2O6/c1-3-19-9(17)11-5-6-12(8(16)13-11,14-7(11)15)10(18)20-4-2/h3-6H2,1-2H3,(H,13,16)(H,14,15). The smallest absolute Gasteiger partial charge is 0.341 e. The monoisotopic (exact) mass is 284 g/mol. The molecule has 0 aromatic heterocycles. The molecular formula is C12H16N2O6. The Morgan fingerprint density at radius 3 is 1.55 bits per heavy atom. The molecule has 8 nitrogen and oxygen atoms in total. The van der Waals surface area contributed by atoms with Crippen LogP contribution in [0.4, 0.5) is 0 Å². The van der Waals surface area contributed by atoms with Gasteiger partial charge in [-0.2, -0.15) is 0 Å². The number of carbonyl (C=O) groups excluding carboxylic acids is 4. The number of esters is 2. The van der Waals surface area contributed by atoms with Crippen LogP contribution in [0.15, 0.2) is 0 Å². The van der Waals surface area contributed by atoms with E-state index in [1.807, 2.05) is 0 Å². The highest BCUT2D eigenvalue weighted by Gasteiger charge is 2.67. The molecule has 3 heterocycles. The number of amides is 2. The molecule has 8 heteroatoms. The quantitative estimate of drug-likeness (QED) is 0.487. The van der Waals surface area contributed by atoms with Crippen LogP contribution < -0.4 is 10.6 Å². The number of piperazine rings is 1. The summed E-state index contributed by atoms with van der Waals surface area (Å²) < 4.78 is 9.66. The lowest BCUT2D eigenvalue weighted by Crippen LogP contribution is -2.83. The number of rotatable bonds is 4. The third kappa shape index (κ3) is 1.75. The third-order valence-electron chi connectivity index (χ3n) is 3.55. The first kappa shape index (κ1) is 14.3. The van der Waals surface area contributed by atoms with Crippen molar-refractivity contribution in [3.8, 4) is 0 Å². The van der Waals surface area contributed by atoms with Gasteiger partial charge in [0.15, 0.2) is 0 Å². The zero-order chi connectivity index (χ0) is 15.0. The summed E-state index contributed by atoms with van der Waals surface area (Å²) in [6.07, 6.45) is 0.00441. The van der Waals surface area contributed by atoms with E-state index in [1.165, 1.54) is 0 Å². The summed E-state index contributed by atoms with van der Waals surface area (Å²) in [5.41, 5.74) is -3.47. The van der Waals surface area contributed by atoms with Gasteiger partial charge in [0.1, 0.15) is 0 Å². The van der Waals surface area contributed by atoms with Gasteiger partial charge >= 0.3 is 11.9 Å². The van der Waals surface area contributed by atoms with Crippen molar-refractivity contribution in [2.75, 3.05) is 13.2 Å². The largest absolute Gasteiger partial charge is 0.464 e. The second-order valence-electron chi connectivity index (χ2n) is 4.66. The summed E-state index contributed by atoms with van der Waals surface area (Å²) in [6.45, 7) is 3.38. The number of ether oxygens (including phenoxy) is 2. The van der Waals surface area contributed by atoms with E-state index in [1.54, 1.807) is 13.8 Å². The molecule has 0 aromatic carbocycles. The van der Waals surface area contributed by atoms with Gasteiger partial charge in [-0.25, -0.2) is 9.59 Å². The average molecular weight is 284 g/mol. The molecule has 2 unspecified atom stereocenters. The topological polar surface area (TPSA) is 111 Å². The fourth-order valence-electron chi connectivity index (χ4n) is 2.44. The van der Waals surface area contributed by atoms with Gasteiger partial charge in [0.05, 0.1) is 13.2 Å². The van der Waals surface area contributed by atoms with E-state index in [9.17, 15) is 19.2 Å². The molecule has 3 rings (SSSR count). The Kier molecular flexibility index (Phi) is 3.41. The van der Waals surface area contributed by atoms with Crippen molar-refractivity contribution in [3.05, 3.63) is 0 Å². The summed E-state index contributed by atoms with van der Waals surface area (Å²) in [4.78, 5) is 48.1. The van der Waals surface area contributed by atoms with Crippen molar-refractivity contribution in [2.24, 2.45) is 0 Å². The second kappa shape index (κ2) is 4.77. The molecule has 2 N–H and O–H groups in total. The van der Waals surface area contributed by atoms with Gasteiger partial charge < -0.3 is 20.1 Å². The third-order valence-corrected chi connectivity index (χ3v) is 3.55. The van der Waals surface area contributed by atoms with Crippen molar-refractivity contribution < 1.29 is 28.7 Å². The SMILES string of the molecule is CCOC(=O)C12CCC(C(=O)OCC)(NC1=O)C(=O)N2. The van der Waals surface area contributed by atoms with Gasteiger partial charge in [0.2, 0.25) is 11.1 Å². The van der Waals surface area contributed by atoms with Crippen LogP contribution in [0.25, 0.3) is 0 Å². The molecule has 2 atom stereocenters. The van der Waals surface area contributed by atoms with Crippen LogP contribution >= 0.6 is 0 Å². The molecule has 0 aromatic rings. The molecule has 0 spiro atoms.